The molecule has 0 saturated heterocycles. The van der Waals surface area contributed by atoms with E-state index in [0.717, 1.165) is 6.04 Å². The van der Waals surface area contributed by atoms with E-state index in [0.29, 0.717) is 5.54 Å². The molecule has 0 fully saturated rings. The van der Waals surface area contributed by atoms with Gasteiger partial charge in [0.25, 0.3) is 0 Å². The highest BCUT2D eigenvalue weighted by molar-refractivity contribution is 6.44. The summed E-state index contributed by atoms with van der Waals surface area (Å²) in [5.41, 5.74) is 1.93. The van der Waals surface area contributed by atoms with Crippen LogP contribution in [0.5, 0.6) is 0 Å². The summed E-state index contributed by atoms with van der Waals surface area (Å²) < 4.78 is 2.71. The van der Waals surface area contributed by atoms with Crippen LogP contribution in [-0.2, 0) is 0 Å². The minimum atomic E-state index is 0.0791. The monoisotopic (exact) mass is 189 g/mol. The smallest absolute Gasteiger partial charge is 0.0926 e. The van der Waals surface area contributed by atoms with Crippen LogP contribution in [0.2, 0.25) is 5.67 Å². The molecular weight excluding hydrogens is 166 g/mol. The normalized spacial score (nSPS) is 14.5. The van der Waals surface area contributed by atoms with Gasteiger partial charge in [0.2, 0.25) is 0 Å². The second kappa shape index (κ2) is 4.43. The van der Waals surface area contributed by atoms with Crippen molar-refractivity contribution in [2.75, 3.05) is 0 Å². The summed E-state index contributed by atoms with van der Waals surface area (Å²) in [5.74, 6) is 0. The lowest BCUT2D eigenvalue weighted by atomic mass is 10.1. The van der Waals surface area contributed by atoms with Gasteiger partial charge in [-0.1, -0.05) is 19.5 Å². The summed E-state index contributed by atoms with van der Waals surface area (Å²) >= 11 is 0. The van der Waals surface area contributed by atoms with E-state index in [4.69, 9.17) is 0 Å². The van der Waals surface area contributed by atoms with Crippen LogP contribution in [0, 0.1) is 0 Å². The lowest BCUT2D eigenvalue weighted by Gasteiger charge is -2.39. The Morgan fingerprint density at radius 1 is 1.36 bits per heavy atom. The van der Waals surface area contributed by atoms with Crippen LogP contribution in [0.15, 0.2) is 0 Å². The van der Waals surface area contributed by atoms with Crippen LogP contribution < -0.4 is 0 Å². The Labute approximate surface area is 76.9 Å². The third kappa shape index (κ3) is 4.08. The van der Waals surface area contributed by atoms with E-state index < -0.39 is 0 Å². The molecule has 0 radical (unpaired) electrons. The number of hydrogen-bond donors (Lipinski definition) is 0. The zero-order chi connectivity index (χ0) is 9.07. The van der Waals surface area contributed by atoms with Gasteiger partial charge >= 0.3 is 0 Å². The zero-order valence-electron chi connectivity index (χ0n) is 8.94. The van der Waals surface area contributed by atoms with Gasteiger partial charge in [0.1, 0.15) is 0 Å². The van der Waals surface area contributed by atoms with E-state index in [9.17, 15) is 0 Å². The van der Waals surface area contributed by atoms with Crippen molar-refractivity contribution in [3.63, 3.8) is 0 Å². The zero-order valence-corrected chi connectivity index (χ0v) is 12.4. The molecule has 68 valence electrons. The highest BCUT2D eigenvalue weighted by atomic mass is 28.3. The van der Waals surface area contributed by atoms with Crippen molar-refractivity contribution in [3.05, 3.63) is 0 Å². The lowest BCUT2D eigenvalue weighted by Crippen LogP contribution is -2.48. The average Bonchev–Trinajstić information content (AvgIpc) is 1.79. The van der Waals surface area contributed by atoms with Gasteiger partial charge in [0, 0.05) is 15.8 Å². The van der Waals surface area contributed by atoms with Crippen molar-refractivity contribution < 1.29 is 0 Å². The fraction of sp³-hybridized carbons (Fsp3) is 1.00. The molecular formula is C8H23NSi2. The van der Waals surface area contributed by atoms with Crippen LogP contribution in [0.3, 0.4) is 0 Å². The first-order chi connectivity index (χ1) is 4.89. The third-order valence-electron chi connectivity index (χ3n) is 1.95. The highest BCUT2D eigenvalue weighted by Crippen LogP contribution is 2.15. The van der Waals surface area contributed by atoms with Gasteiger partial charge in [0.15, 0.2) is 0 Å². The van der Waals surface area contributed by atoms with Gasteiger partial charge in [0.05, 0.1) is 9.68 Å². The summed E-state index contributed by atoms with van der Waals surface area (Å²) in [4.78, 5) is 0. The minimum absolute atomic E-state index is 0.0791. The maximum atomic E-state index is 2.71. The summed E-state index contributed by atoms with van der Waals surface area (Å²) in [7, 11) is 1.47. The van der Waals surface area contributed by atoms with Crippen molar-refractivity contribution in [1.29, 1.82) is 0 Å². The predicted octanol–water partition coefficient (Wildman–Crippen LogP) is 0.320. The van der Waals surface area contributed by atoms with Crippen molar-refractivity contribution in [2.45, 2.75) is 51.9 Å². The predicted molar refractivity (Wildman–Crippen MR) is 60.0 cm³/mol. The van der Waals surface area contributed by atoms with E-state index in [2.05, 4.69) is 39.2 Å². The maximum Gasteiger partial charge on any atom is 0.0926 e. The molecule has 0 saturated carbocycles. The average molecular weight is 189 g/mol. The molecule has 0 heterocycles. The molecule has 0 aromatic carbocycles. The first kappa shape index (κ1) is 11.4. The second-order valence-electron chi connectivity index (χ2n) is 4.46. The van der Waals surface area contributed by atoms with Gasteiger partial charge in [-0.05, 0) is 26.8 Å². The molecule has 11 heavy (non-hydrogen) atoms. The van der Waals surface area contributed by atoms with E-state index in [1.54, 1.807) is 0 Å². The number of rotatable bonds is 3. The minimum Gasteiger partial charge on any atom is -0.323 e. The molecule has 0 N–H and O–H groups in total. The van der Waals surface area contributed by atoms with Gasteiger partial charge < -0.3 is 4.57 Å². The second-order valence-corrected chi connectivity index (χ2v) is 9.59. The fourth-order valence-electron chi connectivity index (χ4n) is 1.61. The maximum absolute atomic E-state index is 2.71. The fourth-order valence-corrected chi connectivity index (χ4v) is 4.72. The molecule has 0 rings (SSSR count). The Morgan fingerprint density at radius 3 is 1.91 bits per heavy atom. The quantitative estimate of drug-likeness (QED) is 0.578. The first-order valence-electron chi connectivity index (χ1n) is 4.66. The third-order valence-corrected chi connectivity index (χ3v) is 5.90. The largest absolute Gasteiger partial charge is 0.323 e. The number of hydrogen-bond acceptors (Lipinski definition) is 1. The van der Waals surface area contributed by atoms with E-state index in [-0.39, 0.29) is 9.68 Å². The van der Waals surface area contributed by atoms with Crippen molar-refractivity contribution in [1.82, 2.24) is 4.57 Å². The summed E-state index contributed by atoms with van der Waals surface area (Å²) in [6.45, 7) is 11.6. The van der Waals surface area contributed by atoms with Crippen LogP contribution in [0.4, 0.5) is 0 Å². The Hall–Kier alpha value is 0.394. The Balaban J connectivity index is 4.10. The summed E-state index contributed by atoms with van der Waals surface area (Å²) in [5, 5.41) is 0. The Bertz CT molecular complexity index is 107. The number of nitrogens with zero attached hydrogens (tertiary/aromatic N) is 1. The van der Waals surface area contributed by atoms with Gasteiger partial charge in [-0.15, -0.1) is 0 Å². The van der Waals surface area contributed by atoms with Gasteiger partial charge in [-0.2, -0.15) is 0 Å². The molecule has 0 amide bonds. The molecule has 0 spiro atoms. The topological polar surface area (TPSA) is 3.24 Å². The highest BCUT2D eigenvalue weighted by Gasteiger charge is 2.22. The van der Waals surface area contributed by atoms with E-state index in [1.807, 2.05) is 0 Å². The van der Waals surface area contributed by atoms with Gasteiger partial charge in [-0.3, -0.25) is 0 Å². The molecule has 3 heteroatoms. The molecule has 0 aromatic rings. The van der Waals surface area contributed by atoms with Crippen LogP contribution in [-0.4, -0.2) is 36.1 Å². The Kier molecular flexibility index (Phi) is 4.59. The van der Waals surface area contributed by atoms with Gasteiger partial charge in [-0.25, -0.2) is 0 Å². The molecule has 1 nitrogen and oxygen atoms in total. The molecule has 0 bridgehead atoms. The van der Waals surface area contributed by atoms with Crippen molar-refractivity contribution in [3.8, 4) is 0 Å². The molecule has 0 aromatic heterocycles. The first-order valence-corrected chi connectivity index (χ1v) is 7.71. The molecule has 0 aliphatic rings. The van der Waals surface area contributed by atoms with Crippen LogP contribution >= 0.6 is 0 Å². The van der Waals surface area contributed by atoms with E-state index in [1.165, 1.54) is 15.9 Å². The van der Waals surface area contributed by atoms with Crippen LogP contribution in [0.25, 0.3) is 0 Å². The summed E-state index contributed by atoms with van der Waals surface area (Å²) in [6, 6.07) is 0.746. The SMILES string of the molecule is CC(C)N([SiH2]C[SiH3])C(C)(C)C. The van der Waals surface area contributed by atoms with E-state index >= 15 is 0 Å². The molecule has 0 aliphatic carbocycles. The van der Waals surface area contributed by atoms with Crippen molar-refractivity contribution >= 4 is 19.9 Å². The summed E-state index contributed by atoms with van der Waals surface area (Å²) in [6.07, 6.45) is 0. The molecule has 0 atom stereocenters. The lowest BCUT2D eigenvalue weighted by molar-refractivity contribution is 0.212. The Morgan fingerprint density at radius 2 is 1.82 bits per heavy atom. The standard InChI is InChI=1S/C8H23NSi2/c1-7(2)9(11-6-10)8(3,4)5/h7H,6,11H2,1-5,10H3. The molecule has 0 aliphatic heterocycles. The van der Waals surface area contributed by atoms with Crippen molar-refractivity contribution in [2.24, 2.45) is 0 Å². The molecule has 0 unspecified atom stereocenters. The van der Waals surface area contributed by atoms with Crippen LogP contribution in [0.1, 0.15) is 34.6 Å².